The topological polar surface area (TPSA) is 92.3 Å². The third-order valence-electron chi connectivity index (χ3n) is 7.25. The first kappa shape index (κ1) is 46.5. The standard InChI is InChI=1S/C29H55F5O10Si10/c1-45(2,3)35-52(24-17-18-25(32)26(33)21-24)43-51(16,22-30)39-50(14,15)42-54(44-52)28-20-23(31)19-27(29(28)34)53(36-46(4,5)6,37-47(7,8)9)40-48(10,11)38-49(12,13)41-54/h17-21H,22H2,1-16H3. The van der Waals surface area contributed by atoms with Gasteiger partial charge in [-0.25, -0.2) is 22.0 Å². The second kappa shape index (κ2) is 15.2. The van der Waals surface area contributed by atoms with Gasteiger partial charge in [0.2, 0.25) is 0 Å². The van der Waals surface area contributed by atoms with Gasteiger partial charge in [-0.2, -0.15) is 0 Å². The Balaban J connectivity index is 2.27. The molecule has 10 nitrogen and oxygen atoms in total. The average Bonchev–Trinajstić information content (AvgIpc) is 2.89. The van der Waals surface area contributed by atoms with E-state index in [0.717, 1.165) is 24.3 Å². The molecule has 2 aromatic rings. The fourth-order valence-electron chi connectivity index (χ4n) is 6.31. The highest BCUT2D eigenvalue weighted by molar-refractivity contribution is 7.03. The SMILES string of the molecule is C[Si](C)(C)O[Si]1(c2ccc(F)c(F)c2)O[Si](C)(CF)O[Si](C)(C)O[Si]2(O[Si](C)(C)O[Si](C)(C)O[Si](O[Si](C)(C)C)(O[Si](C)(C)C)c3cc(F)cc2c3F)O1. The van der Waals surface area contributed by atoms with Crippen molar-refractivity contribution >= 4 is 101 Å². The lowest BCUT2D eigenvalue weighted by atomic mass is 10.3. The highest BCUT2D eigenvalue weighted by Gasteiger charge is 2.69. The predicted molar refractivity (Wildman–Crippen MR) is 220 cm³/mol. The molecule has 0 amide bonds. The Bertz CT molecular complexity index is 1710. The van der Waals surface area contributed by atoms with Crippen LogP contribution in [0.5, 0.6) is 0 Å². The van der Waals surface area contributed by atoms with E-state index in [2.05, 4.69) is 0 Å². The molecule has 1 spiro atoms. The van der Waals surface area contributed by atoms with Crippen molar-refractivity contribution in [3.05, 3.63) is 53.6 Å². The summed E-state index contributed by atoms with van der Waals surface area (Å²) in [6.45, 7) is 28.3. The van der Waals surface area contributed by atoms with Gasteiger partial charge in [0.15, 0.2) is 36.6 Å². The molecular weight excluding hydrogens is 884 g/mol. The van der Waals surface area contributed by atoms with Crippen LogP contribution < -0.4 is 15.6 Å². The van der Waals surface area contributed by atoms with E-state index in [9.17, 15) is 4.39 Å². The summed E-state index contributed by atoms with van der Waals surface area (Å²) in [4.78, 5) is 0. The first-order chi connectivity index (χ1) is 24.1. The van der Waals surface area contributed by atoms with Gasteiger partial charge in [0.05, 0.1) is 10.4 Å². The maximum Gasteiger partial charge on any atom is 0.515 e. The second-order valence-corrected chi connectivity index (χ2v) is 54.7. The predicted octanol–water partition coefficient (Wildman–Crippen LogP) is 6.76. The maximum atomic E-state index is 18.2. The van der Waals surface area contributed by atoms with Crippen LogP contribution in [0.1, 0.15) is 0 Å². The van der Waals surface area contributed by atoms with Crippen molar-refractivity contribution in [2.45, 2.75) is 105 Å². The van der Waals surface area contributed by atoms with Crippen LogP contribution in [0.25, 0.3) is 0 Å². The highest BCUT2D eigenvalue weighted by Crippen LogP contribution is 2.38. The van der Waals surface area contributed by atoms with Crippen molar-refractivity contribution < 1.29 is 63.1 Å². The van der Waals surface area contributed by atoms with Crippen molar-refractivity contribution in [3.8, 4) is 0 Å². The van der Waals surface area contributed by atoms with Crippen LogP contribution in [0.4, 0.5) is 22.0 Å². The van der Waals surface area contributed by atoms with Crippen molar-refractivity contribution in [1.82, 2.24) is 0 Å². The van der Waals surface area contributed by atoms with Crippen molar-refractivity contribution in [3.63, 3.8) is 0 Å². The van der Waals surface area contributed by atoms with Crippen LogP contribution in [-0.4, -0.2) is 91.9 Å². The van der Waals surface area contributed by atoms with E-state index in [1.54, 1.807) is 58.9 Å². The van der Waals surface area contributed by atoms with Gasteiger partial charge in [-0.05, 0) is 129 Å². The largest absolute Gasteiger partial charge is 0.515 e. The lowest BCUT2D eigenvalue weighted by molar-refractivity contribution is 0.137. The van der Waals surface area contributed by atoms with E-state index >= 15 is 17.6 Å². The van der Waals surface area contributed by atoms with Gasteiger partial charge in [0.25, 0.3) is 0 Å². The molecule has 0 saturated carbocycles. The molecule has 54 heavy (non-hydrogen) atoms. The van der Waals surface area contributed by atoms with Crippen LogP contribution in [0.2, 0.25) is 105 Å². The summed E-state index contributed by atoms with van der Waals surface area (Å²) >= 11 is 0. The van der Waals surface area contributed by atoms with E-state index in [1.807, 2.05) is 39.3 Å². The van der Waals surface area contributed by atoms with Crippen LogP contribution in [0.15, 0.2) is 30.3 Å². The molecular formula is C29H55F5O10Si10. The van der Waals surface area contributed by atoms with Gasteiger partial charge in [-0.15, -0.1) is 0 Å². The van der Waals surface area contributed by atoms with E-state index in [4.69, 9.17) is 41.2 Å². The Morgan fingerprint density at radius 2 is 1.02 bits per heavy atom. The molecule has 2 aromatic carbocycles. The summed E-state index contributed by atoms with van der Waals surface area (Å²) in [6.07, 6.45) is -1.10. The van der Waals surface area contributed by atoms with E-state index < -0.39 is 120 Å². The van der Waals surface area contributed by atoms with Gasteiger partial charge in [-0.1, -0.05) is 6.07 Å². The molecule has 0 aliphatic carbocycles. The van der Waals surface area contributed by atoms with Gasteiger partial charge in [0.1, 0.15) is 17.9 Å². The minimum absolute atomic E-state index is 0.111. The Morgan fingerprint density at radius 1 is 0.537 bits per heavy atom. The van der Waals surface area contributed by atoms with Crippen LogP contribution in [0, 0.1) is 23.3 Å². The molecule has 2 bridgehead atoms. The van der Waals surface area contributed by atoms with Crippen LogP contribution in [-0.2, 0) is 41.2 Å². The van der Waals surface area contributed by atoms with Crippen molar-refractivity contribution in [2.24, 2.45) is 0 Å². The highest BCUT2D eigenvalue weighted by atomic mass is 28.6. The lowest BCUT2D eigenvalue weighted by Crippen LogP contribution is -2.81. The summed E-state index contributed by atoms with van der Waals surface area (Å²) in [5.74, 6) is -4.35. The Hall–Kier alpha value is -0.141. The molecule has 25 heteroatoms. The van der Waals surface area contributed by atoms with Crippen LogP contribution in [0.3, 0.4) is 0 Å². The molecule has 1 fully saturated rings. The molecule has 2 heterocycles. The molecule has 3 unspecified atom stereocenters. The third kappa shape index (κ3) is 11.1. The van der Waals surface area contributed by atoms with Gasteiger partial charge in [-0.3, -0.25) is 0 Å². The van der Waals surface area contributed by atoms with Gasteiger partial charge in [0, 0.05) is 5.19 Å². The normalized spacial score (nSPS) is 28.7. The zero-order valence-corrected chi connectivity index (χ0v) is 44.1. The number of hydrogen-bond donors (Lipinski definition) is 0. The first-order valence-corrected chi connectivity index (χ1v) is 44.0. The number of alkyl halides is 1. The smallest absolute Gasteiger partial charge is 0.416 e. The molecule has 0 radical (unpaired) electrons. The molecule has 306 valence electrons. The second-order valence-electron chi connectivity index (χ2n) is 17.9. The van der Waals surface area contributed by atoms with E-state index in [-0.39, 0.29) is 10.4 Å². The Morgan fingerprint density at radius 3 is 1.50 bits per heavy atom. The number of hydrogen-bond acceptors (Lipinski definition) is 10. The minimum Gasteiger partial charge on any atom is -0.416 e. The van der Waals surface area contributed by atoms with E-state index in [0.29, 0.717) is 0 Å². The Kier molecular flexibility index (Phi) is 13.1. The lowest BCUT2D eigenvalue weighted by Gasteiger charge is -2.52. The van der Waals surface area contributed by atoms with Gasteiger partial charge >= 0.3 is 60.7 Å². The zero-order chi connectivity index (χ0) is 41.4. The number of fused-ring (bicyclic) bond motifs is 3. The summed E-state index contributed by atoms with van der Waals surface area (Å²) in [5.41, 5.74) is 0. The summed E-state index contributed by atoms with van der Waals surface area (Å²) in [7, 11) is -37.6. The third-order valence-corrected chi connectivity index (χ3v) is 43.1. The molecule has 0 aromatic heterocycles. The number of rotatable bonds is 8. The molecule has 2 aliphatic rings. The fraction of sp³-hybridized carbons (Fsp3) is 0.586. The maximum absolute atomic E-state index is 18.2. The van der Waals surface area contributed by atoms with Crippen molar-refractivity contribution in [2.75, 3.05) is 6.30 Å². The minimum atomic E-state index is -5.11. The summed E-state index contributed by atoms with van der Waals surface area (Å²) in [6, 6.07) is 4.84. The number of benzene rings is 2. The molecule has 2 aliphatic heterocycles. The van der Waals surface area contributed by atoms with E-state index in [1.165, 1.54) is 12.6 Å². The monoisotopic (exact) mass is 938 g/mol. The molecule has 3 atom stereocenters. The molecule has 0 N–H and O–H groups in total. The summed E-state index contributed by atoms with van der Waals surface area (Å²) < 4.78 is 148. The quantitative estimate of drug-likeness (QED) is 0.209. The van der Waals surface area contributed by atoms with Crippen LogP contribution >= 0.6 is 0 Å². The summed E-state index contributed by atoms with van der Waals surface area (Å²) in [5, 5.41) is -0.882. The van der Waals surface area contributed by atoms with Gasteiger partial charge < -0.3 is 41.2 Å². The average molecular weight is 940 g/mol. The Labute approximate surface area is 327 Å². The molecule has 1 saturated heterocycles. The zero-order valence-electron chi connectivity index (χ0n) is 34.1. The number of halogens is 5. The fourth-order valence-corrected chi connectivity index (χ4v) is 50.0. The van der Waals surface area contributed by atoms with Crippen molar-refractivity contribution in [1.29, 1.82) is 0 Å². The first-order valence-electron chi connectivity index (χ1n) is 17.6. The molecule has 4 rings (SSSR count).